The molecule has 2 saturated carbocycles. The minimum atomic E-state index is -0.232. The lowest BCUT2D eigenvalue weighted by Gasteiger charge is -2.47. The van der Waals surface area contributed by atoms with Crippen molar-refractivity contribution >= 4 is 5.71 Å². The average Bonchev–Trinajstić information content (AvgIpc) is 2.83. The summed E-state index contributed by atoms with van der Waals surface area (Å²) in [7, 11) is 0. The third-order valence-corrected chi connectivity index (χ3v) is 7.31. The largest absolute Gasteiger partial charge is 0.504 e. The van der Waals surface area contributed by atoms with Crippen LogP contribution in [-0.4, -0.2) is 33.8 Å². The van der Waals surface area contributed by atoms with Crippen LogP contribution in [0.1, 0.15) is 63.0 Å². The SMILES string of the molecule is CCOc1cc2c(cc1O)C/C(=N\O)C[C@@H]1[C@@H]2CC[C@]2(C)[C@@H](O)CC[C@@H]12. The topological polar surface area (TPSA) is 82.3 Å². The van der Waals surface area contributed by atoms with Gasteiger partial charge in [0.05, 0.1) is 18.4 Å². The second-order valence-electron chi connectivity index (χ2n) is 8.51. The van der Waals surface area contributed by atoms with Crippen molar-refractivity contribution in [3.63, 3.8) is 0 Å². The maximum absolute atomic E-state index is 10.6. The summed E-state index contributed by atoms with van der Waals surface area (Å²) in [5, 5.41) is 34.0. The summed E-state index contributed by atoms with van der Waals surface area (Å²) in [4.78, 5) is 0. The lowest BCUT2D eigenvalue weighted by Crippen LogP contribution is -2.42. The van der Waals surface area contributed by atoms with Gasteiger partial charge in [-0.15, -0.1) is 0 Å². The lowest BCUT2D eigenvalue weighted by atomic mass is 9.58. The van der Waals surface area contributed by atoms with Gasteiger partial charge in [-0.2, -0.15) is 0 Å². The Labute approximate surface area is 154 Å². The van der Waals surface area contributed by atoms with Crippen molar-refractivity contribution in [2.45, 2.75) is 64.4 Å². The zero-order valence-electron chi connectivity index (χ0n) is 15.6. The number of phenols is 1. The third kappa shape index (κ3) is 2.59. The maximum atomic E-state index is 10.6. The fraction of sp³-hybridized carbons (Fsp3) is 0.667. The summed E-state index contributed by atoms with van der Waals surface area (Å²) in [6, 6.07) is 3.78. The molecule has 0 unspecified atom stereocenters. The Morgan fingerprint density at radius 3 is 2.81 bits per heavy atom. The number of nitrogens with zero attached hydrogens (tertiary/aromatic N) is 1. The summed E-state index contributed by atoms with van der Waals surface area (Å²) in [6.45, 7) is 4.66. The molecule has 5 nitrogen and oxygen atoms in total. The molecule has 0 aliphatic heterocycles. The number of aliphatic hydroxyl groups is 1. The van der Waals surface area contributed by atoms with Gasteiger partial charge in [0.25, 0.3) is 0 Å². The predicted molar refractivity (Wildman–Crippen MR) is 99.1 cm³/mol. The van der Waals surface area contributed by atoms with Crippen LogP contribution < -0.4 is 4.74 Å². The highest BCUT2D eigenvalue weighted by Gasteiger charge is 2.54. The minimum Gasteiger partial charge on any atom is -0.504 e. The first-order valence-corrected chi connectivity index (χ1v) is 9.84. The number of benzene rings is 1. The molecule has 1 aromatic rings. The number of oxime groups is 1. The number of aliphatic hydroxyl groups excluding tert-OH is 1. The van der Waals surface area contributed by atoms with Crippen molar-refractivity contribution in [1.29, 1.82) is 0 Å². The van der Waals surface area contributed by atoms with Gasteiger partial charge in [0, 0.05) is 6.42 Å². The second kappa shape index (κ2) is 6.45. The van der Waals surface area contributed by atoms with Gasteiger partial charge in [-0.1, -0.05) is 12.1 Å². The number of fused-ring (bicyclic) bond motifs is 5. The Kier molecular flexibility index (Phi) is 4.38. The third-order valence-electron chi connectivity index (χ3n) is 7.31. The molecule has 2 fully saturated rings. The van der Waals surface area contributed by atoms with E-state index in [2.05, 4.69) is 12.1 Å². The Bertz CT molecular complexity index is 731. The molecular formula is C21H29NO4. The van der Waals surface area contributed by atoms with E-state index in [4.69, 9.17) is 4.74 Å². The van der Waals surface area contributed by atoms with Gasteiger partial charge < -0.3 is 20.2 Å². The Morgan fingerprint density at radius 2 is 2.08 bits per heavy atom. The fourth-order valence-corrected chi connectivity index (χ4v) is 5.97. The van der Waals surface area contributed by atoms with Crippen LogP contribution in [0.2, 0.25) is 0 Å². The molecule has 142 valence electrons. The molecule has 0 bridgehead atoms. The molecule has 0 heterocycles. The molecule has 5 atom stereocenters. The summed E-state index contributed by atoms with van der Waals surface area (Å²) >= 11 is 0. The summed E-state index contributed by atoms with van der Waals surface area (Å²) in [5.41, 5.74) is 2.99. The molecule has 0 radical (unpaired) electrons. The fourth-order valence-electron chi connectivity index (χ4n) is 5.97. The van der Waals surface area contributed by atoms with Crippen LogP contribution in [0.3, 0.4) is 0 Å². The van der Waals surface area contributed by atoms with E-state index < -0.39 is 0 Å². The molecule has 26 heavy (non-hydrogen) atoms. The number of hydrogen-bond acceptors (Lipinski definition) is 5. The van der Waals surface area contributed by atoms with Gasteiger partial charge in [-0.3, -0.25) is 0 Å². The average molecular weight is 359 g/mol. The van der Waals surface area contributed by atoms with Gasteiger partial charge in [-0.25, -0.2) is 0 Å². The van der Waals surface area contributed by atoms with Crippen LogP contribution in [0.5, 0.6) is 11.5 Å². The molecule has 3 aliphatic carbocycles. The number of ether oxygens (including phenoxy) is 1. The van der Waals surface area contributed by atoms with Crippen LogP contribution in [0.4, 0.5) is 0 Å². The molecule has 0 amide bonds. The van der Waals surface area contributed by atoms with Crippen LogP contribution >= 0.6 is 0 Å². The van der Waals surface area contributed by atoms with Crippen molar-refractivity contribution in [1.82, 2.24) is 0 Å². The van der Waals surface area contributed by atoms with Crippen molar-refractivity contribution in [3.05, 3.63) is 23.3 Å². The van der Waals surface area contributed by atoms with Crippen molar-refractivity contribution in [2.24, 2.45) is 22.4 Å². The zero-order chi connectivity index (χ0) is 18.5. The Hall–Kier alpha value is -1.75. The number of hydrogen-bond donors (Lipinski definition) is 3. The van der Waals surface area contributed by atoms with Gasteiger partial charge >= 0.3 is 0 Å². The summed E-state index contributed by atoms with van der Waals surface area (Å²) in [5.74, 6) is 1.83. The van der Waals surface area contributed by atoms with Crippen LogP contribution in [0.15, 0.2) is 17.3 Å². The molecule has 0 spiro atoms. The van der Waals surface area contributed by atoms with Crippen molar-refractivity contribution < 1.29 is 20.2 Å². The zero-order valence-corrected chi connectivity index (χ0v) is 15.6. The minimum absolute atomic E-state index is 0.0358. The van der Waals surface area contributed by atoms with E-state index in [0.29, 0.717) is 36.5 Å². The molecule has 5 heteroatoms. The highest BCUT2D eigenvalue weighted by atomic mass is 16.5. The Morgan fingerprint density at radius 1 is 1.27 bits per heavy atom. The van der Waals surface area contributed by atoms with E-state index in [9.17, 15) is 15.4 Å². The monoisotopic (exact) mass is 359 g/mol. The van der Waals surface area contributed by atoms with E-state index in [1.807, 2.05) is 13.0 Å². The van der Waals surface area contributed by atoms with Gasteiger partial charge in [0.1, 0.15) is 0 Å². The van der Waals surface area contributed by atoms with Crippen LogP contribution in [0.25, 0.3) is 0 Å². The lowest BCUT2D eigenvalue weighted by molar-refractivity contribution is -0.0167. The van der Waals surface area contributed by atoms with Gasteiger partial charge in [-0.05, 0) is 85.5 Å². The summed E-state index contributed by atoms with van der Waals surface area (Å²) in [6.07, 6.45) is 5.00. The second-order valence-corrected chi connectivity index (χ2v) is 8.51. The maximum Gasteiger partial charge on any atom is 0.161 e. The van der Waals surface area contributed by atoms with E-state index in [-0.39, 0.29) is 17.3 Å². The first-order valence-electron chi connectivity index (χ1n) is 9.84. The predicted octanol–water partition coefficient (Wildman–Crippen LogP) is 3.84. The molecule has 3 N–H and O–H groups in total. The quantitative estimate of drug-likeness (QED) is 0.553. The number of phenolic OH excluding ortho intramolecular Hbond substituents is 1. The first kappa shape index (κ1) is 17.7. The molecule has 1 aromatic carbocycles. The van der Waals surface area contributed by atoms with Crippen molar-refractivity contribution in [3.8, 4) is 11.5 Å². The number of aromatic hydroxyl groups is 1. The first-order chi connectivity index (χ1) is 12.5. The highest BCUT2D eigenvalue weighted by molar-refractivity contribution is 5.87. The smallest absolute Gasteiger partial charge is 0.161 e. The molecule has 4 rings (SSSR count). The normalized spacial score (nSPS) is 37.6. The van der Waals surface area contributed by atoms with Crippen molar-refractivity contribution in [2.75, 3.05) is 6.61 Å². The molecule has 3 aliphatic rings. The number of rotatable bonds is 2. The molecule has 0 saturated heterocycles. The van der Waals surface area contributed by atoms with Gasteiger partial charge in [0.15, 0.2) is 11.5 Å². The molecule has 0 aromatic heterocycles. The standard InChI is InChI=1S/C21H29NO4/c1-3-26-19-11-15-12(9-18(19)23)8-13(22-25)10-16-14(15)6-7-21(2)17(16)4-5-20(21)24/h9,11,14,16-17,20,23-25H,3-8,10H2,1-2H3/b22-13+/t14-,16-,17+,20+,21+/m1/s1. The Balaban J connectivity index is 1.80. The molecular weight excluding hydrogens is 330 g/mol. The van der Waals surface area contributed by atoms with Crippen LogP contribution in [-0.2, 0) is 6.42 Å². The summed E-state index contributed by atoms with van der Waals surface area (Å²) < 4.78 is 5.63. The highest BCUT2D eigenvalue weighted by Crippen LogP contribution is 2.60. The van der Waals surface area contributed by atoms with Gasteiger partial charge in [0.2, 0.25) is 0 Å². The van der Waals surface area contributed by atoms with E-state index in [1.54, 1.807) is 6.07 Å². The van der Waals surface area contributed by atoms with E-state index in [1.165, 1.54) is 5.56 Å². The van der Waals surface area contributed by atoms with E-state index >= 15 is 0 Å². The van der Waals surface area contributed by atoms with Crippen LogP contribution in [0, 0.1) is 17.3 Å². The van der Waals surface area contributed by atoms with E-state index in [0.717, 1.165) is 43.4 Å².